The van der Waals surface area contributed by atoms with E-state index in [4.69, 9.17) is 19.9 Å². The Kier molecular flexibility index (Phi) is 6.95. The quantitative estimate of drug-likeness (QED) is 0.196. The van der Waals surface area contributed by atoms with Gasteiger partial charge in [0.1, 0.15) is 30.0 Å². The lowest BCUT2D eigenvalue weighted by Gasteiger charge is -2.44. The zero-order chi connectivity index (χ0) is 29.3. The summed E-state index contributed by atoms with van der Waals surface area (Å²) in [5.74, 6) is -4.69. The van der Waals surface area contributed by atoms with Gasteiger partial charge < -0.3 is 50.6 Å². The number of aromatic hydroxyl groups is 2. The van der Waals surface area contributed by atoms with Crippen molar-refractivity contribution in [2.45, 2.75) is 62.1 Å². The third kappa shape index (κ3) is 3.93. The molecular weight excluding hydrogens is 530 g/mol. The molecular formula is C27H29NO12. The number of hydrogen-bond donors (Lipinski definition) is 7. The Morgan fingerprint density at radius 3 is 2.38 bits per heavy atom. The fraction of sp³-hybridized carbons (Fsp3) is 0.444. The molecule has 40 heavy (non-hydrogen) atoms. The lowest BCUT2D eigenvalue weighted by atomic mass is 9.70. The molecule has 2 aliphatic carbocycles. The van der Waals surface area contributed by atoms with Gasteiger partial charge in [-0.2, -0.15) is 0 Å². The highest BCUT2D eigenvalue weighted by molar-refractivity contribution is 6.31. The number of hydrogen-bond acceptors (Lipinski definition) is 13. The van der Waals surface area contributed by atoms with Gasteiger partial charge >= 0.3 is 0 Å². The number of nitrogens with two attached hydrogens (primary N) is 1. The zero-order valence-corrected chi connectivity index (χ0v) is 21.5. The van der Waals surface area contributed by atoms with Gasteiger partial charge in [-0.25, -0.2) is 0 Å². The summed E-state index contributed by atoms with van der Waals surface area (Å²) in [6.07, 6.45) is -7.48. The maximum absolute atomic E-state index is 13.7. The van der Waals surface area contributed by atoms with E-state index in [-0.39, 0.29) is 28.9 Å². The molecule has 1 aliphatic heterocycles. The predicted octanol–water partition coefficient (Wildman–Crippen LogP) is -0.508. The predicted molar refractivity (Wildman–Crippen MR) is 133 cm³/mol. The number of benzene rings is 2. The Bertz CT molecular complexity index is 1410. The molecule has 2 aromatic rings. The van der Waals surface area contributed by atoms with Gasteiger partial charge in [0.2, 0.25) is 5.78 Å². The Morgan fingerprint density at radius 1 is 1.10 bits per heavy atom. The van der Waals surface area contributed by atoms with Crippen molar-refractivity contribution < 1.29 is 59.2 Å². The Hall–Kier alpha value is -3.43. The summed E-state index contributed by atoms with van der Waals surface area (Å²) in [5.41, 5.74) is 0.753. The van der Waals surface area contributed by atoms with Crippen LogP contribution >= 0.6 is 0 Å². The second-order valence-corrected chi connectivity index (χ2v) is 10.2. The first kappa shape index (κ1) is 28.1. The van der Waals surface area contributed by atoms with Crippen LogP contribution in [0.25, 0.3) is 0 Å². The van der Waals surface area contributed by atoms with Crippen molar-refractivity contribution in [3.8, 4) is 17.2 Å². The molecule has 0 aromatic heterocycles. The van der Waals surface area contributed by atoms with E-state index < -0.39 is 101 Å². The van der Waals surface area contributed by atoms with Gasteiger partial charge in [-0.05, 0) is 13.0 Å². The average Bonchev–Trinajstić information content (AvgIpc) is 2.93. The lowest BCUT2D eigenvalue weighted by Crippen LogP contribution is -2.53. The summed E-state index contributed by atoms with van der Waals surface area (Å²) in [4.78, 5) is 39.8. The number of carbonyl (C=O) groups is 3. The summed E-state index contributed by atoms with van der Waals surface area (Å²) in [5, 5.41) is 64.9. The second-order valence-electron chi connectivity index (χ2n) is 10.2. The topological polar surface area (TPSA) is 226 Å². The highest BCUT2D eigenvalue weighted by Gasteiger charge is 2.55. The van der Waals surface area contributed by atoms with E-state index in [0.717, 1.165) is 0 Å². The van der Waals surface area contributed by atoms with E-state index >= 15 is 0 Å². The second kappa shape index (κ2) is 9.89. The van der Waals surface area contributed by atoms with Crippen LogP contribution in [-0.2, 0) is 14.3 Å². The molecule has 1 heterocycles. The van der Waals surface area contributed by atoms with Gasteiger partial charge in [0, 0.05) is 35.6 Å². The first-order chi connectivity index (χ1) is 18.9. The number of carbonyl (C=O) groups excluding carboxylic acids is 3. The van der Waals surface area contributed by atoms with Crippen LogP contribution in [0.2, 0.25) is 0 Å². The number of phenols is 2. The molecule has 5 rings (SSSR count). The van der Waals surface area contributed by atoms with Gasteiger partial charge in [0.15, 0.2) is 23.5 Å². The van der Waals surface area contributed by atoms with Gasteiger partial charge in [-0.15, -0.1) is 0 Å². The molecule has 3 aliphatic rings. The maximum atomic E-state index is 13.7. The minimum Gasteiger partial charge on any atom is -0.507 e. The van der Waals surface area contributed by atoms with Crippen molar-refractivity contribution in [1.29, 1.82) is 0 Å². The molecule has 0 amide bonds. The van der Waals surface area contributed by atoms with Crippen molar-refractivity contribution in [3.05, 3.63) is 51.6 Å². The Labute approximate surface area is 227 Å². The smallest absolute Gasteiger partial charge is 0.202 e. The SMILES string of the molecule is COc1cccc2c1C(=O)c1c(O)c3c(c(O)c1C2=O)C(O)[C@](O)(C(=O)CO)C[C@@H]3O[C@H]1C[C@H](N)[C@H](O)[C@H](C)O1. The monoisotopic (exact) mass is 559 g/mol. The zero-order valence-electron chi connectivity index (χ0n) is 21.5. The van der Waals surface area contributed by atoms with Crippen molar-refractivity contribution in [3.63, 3.8) is 0 Å². The molecule has 13 heteroatoms. The van der Waals surface area contributed by atoms with Crippen LogP contribution < -0.4 is 10.5 Å². The van der Waals surface area contributed by atoms with E-state index in [0.29, 0.717) is 0 Å². The van der Waals surface area contributed by atoms with Crippen molar-refractivity contribution in [2.24, 2.45) is 5.73 Å². The molecule has 2 aromatic carbocycles. The fourth-order valence-electron chi connectivity index (χ4n) is 5.80. The van der Waals surface area contributed by atoms with Crippen LogP contribution in [-0.4, -0.2) is 91.8 Å². The largest absolute Gasteiger partial charge is 0.507 e. The molecule has 214 valence electrons. The standard InChI is InChI=1S/C27H29NO12/c1-9-21(31)11(28)6-15(39-9)40-13-7-27(37,14(30)8-29)26(36)20-17(13)24(34)19-18(25(20)35)22(32)10-4-3-5-12(38-2)16(10)23(19)33/h3-5,9,11,13,15,21,26,29,31,34-37H,6-8,28H2,1-2H3/t9-,11-,13-,15-,21+,26?,27+/m0/s1. The highest BCUT2D eigenvalue weighted by atomic mass is 16.7. The molecule has 8 N–H and O–H groups in total. The first-order valence-electron chi connectivity index (χ1n) is 12.5. The number of ether oxygens (including phenoxy) is 3. The summed E-state index contributed by atoms with van der Waals surface area (Å²) < 4.78 is 16.9. The number of phenolic OH excluding ortho intramolecular Hbond substituents is 2. The maximum Gasteiger partial charge on any atom is 0.202 e. The first-order valence-corrected chi connectivity index (χ1v) is 12.5. The number of rotatable bonds is 5. The van der Waals surface area contributed by atoms with Crippen molar-refractivity contribution in [1.82, 2.24) is 0 Å². The molecule has 0 radical (unpaired) electrons. The van der Waals surface area contributed by atoms with Crippen molar-refractivity contribution in [2.75, 3.05) is 13.7 Å². The molecule has 7 atom stereocenters. The Morgan fingerprint density at radius 2 is 1.75 bits per heavy atom. The van der Waals surface area contributed by atoms with Crippen LogP contribution in [0.5, 0.6) is 17.2 Å². The lowest BCUT2D eigenvalue weighted by molar-refractivity contribution is -0.251. The molecule has 1 fully saturated rings. The van der Waals surface area contributed by atoms with Gasteiger partial charge in [-0.3, -0.25) is 14.4 Å². The summed E-state index contributed by atoms with van der Waals surface area (Å²) in [7, 11) is 1.29. The molecule has 13 nitrogen and oxygen atoms in total. The number of ketones is 3. The summed E-state index contributed by atoms with van der Waals surface area (Å²) in [6.45, 7) is 0.352. The molecule has 0 bridgehead atoms. The van der Waals surface area contributed by atoms with Crippen molar-refractivity contribution >= 4 is 17.3 Å². The minimum absolute atomic E-state index is 0.0472. The van der Waals surface area contributed by atoms with E-state index in [1.54, 1.807) is 6.92 Å². The molecule has 1 saturated heterocycles. The summed E-state index contributed by atoms with van der Waals surface area (Å²) in [6, 6.07) is 3.44. The van der Waals surface area contributed by atoms with Gasteiger partial charge in [0.05, 0.1) is 42.1 Å². The van der Waals surface area contributed by atoms with E-state index in [9.17, 15) is 45.0 Å². The number of methoxy groups -OCH3 is 1. The number of Topliss-reactive ketones (excluding diaryl/α,β-unsaturated/α-hetero) is 1. The highest BCUT2D eigenvalue weighted by Crippen LogP contribution is 2.55. The van der Waals surface area contributed by atoms with Crippen LogP contribution in [0, 0.1) is 0 Å². The van der Waals surface area contributed by atoms with Crippen LogP contribution in [0.3, 0.4) is 0 Å². The van der Waals surface area contributed by atoms with E-state index in [2.05, 4.69) is 0 Å². The third-order valence-corrected chi connectivity index (χ3v) is 7.93. The van der Waals surface area contributed by atoms with E-state index in [1.165, 1.54) is 25.3 Å². The summed E-state index contributed by atoms with van der Waals surface area (Å²) >= 11 is 0. The molecule has 1 unspecified atom stereocenters. The fourth-order valence-corrected chi connectivity index (χ4v) is 5.80. The molecule has 0 spiro atoms. The van der Waals surface area contributed by atoms with Crippen LogP contribution in [0.1, 0.15) is 74.9 Å². The third-order valence-electron chi connectivity index (χ3n) is 7.93. The minimum atomic E-state index is -2.73. The van der Waals surface area contributed by atoms with E-state index in [1.807, 2.05) is 0 Å². The number of fused-ring (bicyclic) bond motifs is 3. The van der Waals surface area contributed by atoms with Crippen LogP contribution in [0.4, 0.5) is 0 Å². The Balaban J connectivity index is 1.72. The average molecular weight is 560 g/mol. The normalized spacial score (nSPS) is 31.3. The van der Waals surface area contributed by atoms with Gasteiger partial charge in [-0.1, -0.05) is 12.1 Å². The molecule has 0 saturated carbocycles. The van der Waals surface area contributed by atoms with Gasteiger partial charge in [0.25, 0.3) is 0 Å². The number of aliphatic hydroxyl groups excluding tert-OH is 3. The number of aliphatic hydroxyl groups is 4. The van der Waals surface area contributed by atoms with Crippen LogP contribution in [0.15, 0.2) is 18.2 Å².